The van der Waals surface area contributed by atoms with E-state index >= 15 is 0 Å². The van der Waals surface area contributed by atoms with Gasteiger partial charge in [-0.1, -0.05) is 35.8 Å². The standard InChI is InChI=1S/C17H22BrNO2/c1-12(2)9-10-19(14-6-7-14)15-5-3-13(16(18)11-15)4-8-17(20)21/h3-5,8,11-12,14H,6-7,9-10H2,1-2H3,(H,20,21)/b8-4+. The summed E-state index contributed by atoms with van der Waals surface area (Å²) < 4.78 is 0.938. The molecule has 0 aromatic heterocycles. The lowest BCUT2D eigenvalue weighted by Crippen LogP contribution is -2.27. The molecule has 0 spiro atoms. The van der Waals surface area contributed by atoms with E-state index in [-0.39, 0.29) is 0 Å². The van der Waals surface area contributed by atoms with E-state index in [2.05, 4.69) is 46.8 Å². The molecule has 1 fully saturated rings. The van der Waals surface area contributed by atoms with Crippen molar-refractivity contribution in [2.75, 3.05) is 11.4 Å². The zero-order valence-electron chi connectivity index (χ0n) is 12.6. The molecule has 1 saturated carbocycles. The van der Waals surface area contributed by atoms with Gasteiger partial charge in [0.05, 0.1) is 0 Å². The number of benzene rings is 1. The van der Waals surface area contributed by atoms with E-state index in [1.165, 1.54) is 24.9 Å². The first kappa shape index (κ1) is 16.1. The monoisotopic (exact) mass is 351 g/mol. The van der Waals surface area contributed by atoms with Crippen molar-refractivity contribution in [1.82, 2.24) is 0 Å². The second kappa shape index (κ2) is 7.12. The lowest BCUT2D eigenvalue weighted by Gasteiger charge is -2.26. The van der Waals surface area contributed by atoms with Crippen molar-refractivity contribution in [3.8, 4) is 0 Å². The highest BCUT2D eigenvalue weighted by Gasteiger charge is 2.29. The Balaban J connectivity index is 2.14. The van der Waals surface area contributed by atoms with Crippen LogP contribution in [0.25, 0.3) is 6.08 Å². The summed E-state index contributed by atoms with van der Waals surface area (Å²) in [5.74, 6) is -0.227. The van der Waals surface area contributed by atoms with Gasteiger partial charge in [-0.25, -0.2) is 4.79 Å². The van der Waals surface area contributed by atoms with E-state index in [1.807, 2.05) is 6.07 Å². The molecule has 0 radical (unpaired) electrons. The molecule has 1 N–H and O–H groups in total. The number of carbonyl (C=O) groups is 1. The minimum Gasteiger partial charge on any atom is -0.478 e. The van der Waals surface area contributed by atoms with Crippen LogP contribution in [0.3, 0.4) is 0 Å². The Morgan fingerprint density at radius 3 is 2.71 bits per heavy atom. The van der Waals surface area contributed by atoms with Gasteiger partial charge in [-0.3, -0.25) is 0 Å². The molecule has 21 heavy (non-hydrogen) atoms. The lowest BCUT2D eigenvalue weighted by molar-refractivity contribution is -0.131. The van der Waals surface area contributed by atoms with Crippen molar-refractivity contribution < 1.29 is 9.90 Å². The molecule has 0 atom stereocenters. The third kappa shape index (κ3) is 4.88. The molecule has 1 aliphatic rings. The van der Waals surface area contributed by atoms with Crippen LogP contribution in [0.1, 0.15) is 38.7 Å². The molecule has 1 aromatic carbocycles. The van der Waals surface area contributed by atoms with Crippen molar-refractivity contribution >= 4 is 33.7 Å². The maximum Gasteiger partial charge on any atom is 0.328 e. The fourth-order valence-corrected chi connectivity index (χ4v) is 2.80. The predicted molar refractivity (Wildman–Crippen MR) is 90.6 cm³/mol. The van der Waals surface area contributed by atoms with Gasteiger partial charge in [0.1, 0.15) is 0 Å². The third-order valence-corrected chi connectivity index (χ3v) is 4.34. The summed E-state index contributed by atoms with van der Waals surface area (Å²) in [6, 6.07) is 6.84. The van der Waals surface area contributed by atoms with E-state index in [9.17, 15) is 4.79 Å². The fraction of sp³-hybridized carbons (Fsp3) is 0.471. The second-order valence-corrected chi connectivity index (χ2v) is 6.84. The van der Waals surface area contributed by atoms with Crippen molar-refractivity contribution in [3.05, 3.63) is 34.3 Å². The van der Waals surface area contributed by atoms with E-state index < -0.39 is 5.97 Å². The Kier molecular flexibility index (Phi) is 5.45. The summed E-state index contributed by atoms with van der Waals surface area (Å²) in [5, 5.41) is 8.70. The van der Waals surface area contributed by atoms with Crippen molar-refractivity contribution in [1.29, 1.82) is 0 Å². The average Bonchev–Trinajstić information content (AvgIpc) is 3.22. The number of hydrogen-bond acceptors (Lipinski definition) is 2. The van der Waals surface area contributed by atoms with Gasteiger partial charge in [-0.2, -0.15) is 0 Å². The van der Waals surface area contributed by atoms with Gasteiger partial charge in [0.15, 0.2) is 0 Å². The number of aliphatic carboxylic acids is 1. The van der Waals surface area contributed by atoms with E-state index in [1.54, 1.807) is 6.08 Å². The second-order valence-electron chi connectivity index (χ2n) is 5.98. The number of hydrogen-bond donors (Lipinski definition) is 1. The van der Waals surface area contributed by atoms with E-state index in [0.717, 1.165) is 22.7 Å². The normalized spacial score (nSPS) is 14.9. The molecule has 3 nitrogen and oxygen atoms in total. The van der Waals surface area contributed by atoms with Crippen LogP contribution in [-0.4, -0.2) is 23.7 Å². The lowest BCUT2D eigenvalue weighted by atomic mass is 10.1. The van der Waals surface area contributed by atoms with Crippen LogP contribution in [0.5, 0.6) is 0 Å². The van der Waals surface area contributed by atoms with Gasteiger partial charge in [0, 0.05) is 28.8 Å². The summed E-state index contributed by atoms with van der Waals surface area (Å²) in [6.45, 7) is 5.58. The number of anilines is 1. The Morgan fingerprint density at radius 2 is 2.19 bits per heavy atom. The van der Waals surface area contributed by atoms with Gasteiger partial charge < -0.3 is 10.0 Å². The molecule has 1 aromatic rings. The Bertz CT molecular complexity index is 536. The van der Waals surface area contributed by atoms with E-state index in [0.29, 0.717) is 12.0 Å². The third-order valence-electron chi connectivity index (χ3n) is 3.66. The predicted octanol–water partition coefficient (Wildman–Crippen LogP) is 4.56. The van der Waals surface area contributed by atoms with Crippen molar-refractivity contribution in [2.24, 2.45) is 5.92 Å². The van der Waals surface area contributed by atoms with Crippen LogP contribution < -0.4 is 4.90 Å². The molecule has 4 heteroatoms. The first-order valence-corrected chi connectivity index (χ1v) is 8.24. The maximum atomic E-state index is 10.6. The molecule has 114 valence electrons. The number of carboxylic acid groups (broad SMARTS) is 1. The summed E-state index contributed by atoms with van der Waals surface area (Å²) in [5.41, 5.74) is 2.11. The highest BCUT2D eigenvalue weighted by molar-refractivity contribution is 9.10. The van der Waals surface area contributed by atoms with Gasteiger partial charge in [-0.15, -0.1) is 0 Å². The van der Waals surface area contributed by atoms with Crippen LogP contribution in [-0.2, 0) is 4.79 Å². The fourth-order valence-electron chi connectivity index (χ4n) is 2.30. The topological polar surface area (TPSA) is 40.5 Å². The molecule has 0 heterocycles. The molecule has 0 aliphatic heterocycles. The first-order valence-electron chi connectivity index (χ1n) is 7.44. The number of nitrogens with zero attached hydrogens (tertiary/aromatic N) is 1. The largest absolute Gasteiger partial charge is 0.478 e. The van der Waals surface area contributed by atoms with Gasteiger partial charge in [0.25, 0.3) is 0 Å². The molecule has 0 amide bonds. The zero-order chi connectivity index (χ0) is 15.4. The van der Waals surface area contributed by atoms with Crippen LogP contribution >= 0.6 is 15.9 Å². The van der Waals surface area contributed by atoms with Crippen molar-refractivity contribution in [2.45, 2.75) is 39.2 Å². The smallest absolute Gasteiger partial charge is 0.328 e. The maximum absolute atomic E-state index is 10.6. The Morgan fingerprint density at radius 1 is 1.48 bits per heavy atom. The minimum atomic E-state index is -0.928. The number of rotatable bonds is 7. The molecule has 0 bridgehead atoms. The Hall–Kier alpha value is -1.29. The zero-order valence-corrected chi connectivity index (χ0v) is 14.1. The summed E-state index contributed by atoms with van der Waals surface area (Å²) >= 11 is 3.54. The average molecular weight is 352 g/mol. The molecule has 0 saturated heterocycles. The molecule has 2 rings (SSSR count). The summed E-state index contributed by atoms with van der Waals surface area (Å²) in [6.07, 6.45) is 6.52. The number of halogens is 1. The van der Waals surface area contributed by atoms with Crippen LogP contribution in [0.15, 0.2) is 28.7 Å². The Labute approximate surface area is 134 Å². The van der Waals surface area contributed by atoms with E-state index in [4.69, 9.17) is 5.11 Å². The van der Waals surface area contributed by atoms with Gasteiger partial charge in [-0.05, 0) is 49.0 Å². The highest BCUT2D eigenvalue weighted by Crippen LogP contribution is 2.34. The molecular formula is C17H22BrNO2. The molecular weight excluding hydrogens is 330 g/mol. The summed E-state index contributed by atoms with van der Waals surface area (Å²) in [4.78, 5) is 13.1. The number of carboxylic acids is 1. The first-order chi connectivity index (χ1) is 9.97. The SMILES string of the molecule is CC(C)CCN(c1ccc(/C=C/C(=O)O)c(Br)c1)C1CC1. The van der Waals surface area contributed by atoms with Crippen LogP contribution in [0, 0.1) is 5.92 Å². The van der Waals surface area contributed by atoms with Gasteiger partial charge in [0.2, 0.25) is 0 Å². The van der Waals surface area contributed by atoms with Gasteiger partial charge >= 0.3 is 5.97 Å². The van der Waals surface area contributed by atoms with Crippen LogP contribution in [0.2, 0.25) is 0 Å². The highest BCUT2D eigenvalue weighted by atomic mass is 79.9. The molecule has 1 aliphatic carbocycles. The van der Waals surface area contributed by atoms with Crippen molar-refractivity contribution in [3.63, 3.8) is 0 Å². The minimum absolute atomic E-state index is 0.677. The van der Waals surface area contributed by atoms with Crippen LogP contribution in [0.4, 0.5) is 5.69 Å². The quantitative estimate of drug-likeness (QED) is 0.732. The molecule has 0 unspecified atom stereocenters. The summed E-state index contributed by atoms with van der Waals surface area (Å²) in [7, 11) is 0.